The molecule has 0 aliphatic carbocycles. The molecule has 148 valence electrons. The van der Waals surface area contributed by atoms with Gasteiger partial charge in [-0.15, -0.1) is 0 Å². The van der Waals surface area contributed by atoms with Crippen molar-refractivity contribution in [3.05, 3.63) is 59.7 Å². The highest BCUT2D eigenvalue weighted by Crippen LogP contribution is 2.28. The SMILES string of the molecule is CN/C(=C\C=C/CC(=O)CCCC(C)C)c1ccc2c(C=O)c(O)ccc2c1. The number of hydrogen-bond donors (Lipinski definition) is 2. The lowest BCUT2D eigenvalue weighted by atomic mass is 10.0. The summed E-state index contributed by atoms with van der Waals surface area (Å²) in [6, 6.07) is 9.03. The summed E-state index contributed by atoms with van der Waals surface area (Å²) in [5.74, 6) is 0.891. The predicted octanol–water partition coefficient (Wildman–Crippen LogP) is 5.26. The first-order valence-corrected chi connectivity index (χ1v) is 9.73. The Labute approximate surface area is 167 Å². The molecule has 0 radical (unpaired) electrons. The molecule has 0 saturated heterocycles. The quantitative estimate of drug-likeness (QED) is 0.436. The second kappa shape index (κ2) is 10.5. The topological polar surface area (TPSA) is 66.4 Å². The molecular formula is C24H29NO3. The summed E-state index contributed by atoms with van der Waals surface area (Å²) in [7, 11) is 1.84. The fraction of sp³-hybridized carbons (Fsp3) is 0.333. The summed E-state index contributed by atoms with van der Waals surface area (Å²) >= 11 is 0. The fourth-order valence-electron chi connectivity index (χ4n) is 3.13. The van der Waals surface area contributed by atoms with E-state index in [0.717, 1.165) is 34.9 Å². The highest BCUT2D eigenvalue weighted by molar-refractivity contribution is 6.01. The summed E-state index contributed by atoms with van der Waals surface area (Å²) in [4.78, 5) is 23.1. The number of phenols is 1. The number of benzene rings is 2. The molecule has 0 aliphatic rings. The molecule has 0 aliphatic heterocycles. The normalized spacial score (nSPS) is 12.1. The second-order valence-electron chi connectivity index (χ2n) is 7.34. The van der Waals surface area contributed by atoms with E-state index in [0.29, 0.717) is 30.6 Å². The molecule has 0 amide bonds. The van der Waals surface area contributed by atoms with Gasteiger partial charge in [0.15, 0.2) is 6.29 Å². The van der Waals surface area contributed by atoms with Crippen LogP contribution in [0.25, 0.3) is 16.5 Å². The minimum absolute atomic E-state index is 0.0133. The van der Waals surface area contributed by atoms with Crippen LogP contribution in [-0.4, -0.2) is 24.2 Å². The molecule has 2 N–H and O–H groups in total. The molecular weight excluding hydrogens is 350 g/mol. The van der Waals surface area contributed by atoms with Crippen LogP contribution in [0.4, 0.5) is 0 Å². The third-order valence-corrected chi connectivity index (χ3v) is 4.72. The lowest BCUT2D eigenvalue weighted by Crippen LogP contribution is -2.04. The van der Waals surface area contributed by atoms with Crippen molar-refractivity contribution in [2.45, 2.75) is 39.5 Å². The molecule has 0 bridgehead atoms. The Morgan fingerprint density at radius 3 is 2.68 bits per heavy atom. The van der Waals surface area contributed by atoms with Crippen LogP contribution >= 0.6 is 0 Å². The van der Waals surface area contributed by atoms with E-state index < -0.39 is 0 Å². The van der Waals surface area contributed by atoms with E-state index in [1.807, 2.05) is 43.5 Å². The number of aromatic hydroxyl groups is 1. The molecule has 0 heterocycles. The standard InChI is InChI=1S/C24H29NO3/c1-17(2)7-6-9-20(27)8-4-5-10-23(25-3)19-11-13-21-18(15-19)12-14-24(28)22(21)16-26/h4-5,10-17,25,28H,6-9H2,1-3H3/b5-4-,23-10-. The van der Waals surface area contributed by atoms with Gasteiger partial charge in [0.1, 0.15) is 11.5 Å². The van der Waals surface area contributed by atoms with E-state index in [1.165, 1.54) is 6.07 Å². The Bertz CT molecular complexity index is 894. The highest BCUT2D eigenvalue weighted by atomic mass is 16.3. The number of ketones is 1. The van der Waals surface area contributed by atoms with Gasteiger partial charge in [0.2, 0.25) is 0 Å². The number of rotatable bonds is 10. The van der Waals surface area contributed by atoms with Crippen LogP contribution in [0, 0.1) is 5.92 Å². The zero-order chi connectivity index (χ0) is 20.5. The maximum atomic E-state index is 11.9. The van der Waals surface area contributed by atoms with Gasteiger partial charge >= 0.3 is 0 Å². The average Bonchev–Trinajstić information content (AvgIpc) is 2.67. The summed E-state index contributed by atoms with van der Waals surface area (Å²) in [5, 5.41) is 14.6. The Hall–Kier alpha value is -2.88. The van der Waals surface area contributed by atoms with Crippen LogP contribution < -0.4 is 5.32 Å². The number of aldehydes is 1. The Balaban J connectivity index is 2.08. The maximum absolute atomic E-state index is 11.9. The number of Topliss-reactive ketones (excluding diaryl/α,β-unsaturated/α-hetero) is 1. The Kier molecular flexibility index (Phi) is 8.00. The summed E-state index contributed by atoms with van der Waals surface area (Å²) < 4.78 is 0. The van der Waals surface area contributed by atoms with Gasteiger partial charge in [0.25, 0.3) is 0 Å². The molecule has 2 aromatic carbocycles. The van der Waals surface area contributed by atoms with Crippen LogP contribution in [0.1, 0.15) is 55.5 Å². The van der Waals surface area contributed by atoms with Gasteiger partial charge in [-0.2, -0.15) is 0 Å². The number of hydrogen-bond acceptors (Lipinski definition) is 4. The van der Waals surface area contributed by atoms with Crippen LogP contribution in [0.5, 0.6) is 5.75 Å². The van der Waals surface area contributed by atoms with Crippen molar-refractivity contribution in [3.63, 3.8) is 0 Å². The molecule has 2 rings (SSSR count). The van der Waals surface area contributed by atoms with Gasteiger partial charge in [-0.05, 0) is 46.9 Å². The lowest BCUT2D eigenvalue weighted by Gasteiger charge is -2.09. The molecule has 0 spiro atoms. The zero-order valence-corrected chi connectivity index (χ0v) is 16.9. The number of carbonyl (C=O) groups is 2. The van der Waals surface area contributed by atoms with Crippen molar-refractivity contribution < 1.29 is 14.7 Å². The van der Waals surface area contributed by atoms with Crippen LogP contribution in [-0.2, 0) is 4.79 Å². The van der Waals surface area contributed by atoms with Gasteiger partial charge in [0, 0.05) is 25.6 Å². The smallest absolute Gasteiger partial charge is 0.154 e. The van der Waals surface area contributed by atoms with Crippen molar-refractivity contribution in [1.29, 1.82) is 0 Å². The van der Waals surface area contributed by atoms with Crippen LogP contribution in [0.15, 0.2) is 48.6 Å². The third kappa shape index (κ3) is 5.81. The van der Waals surface area contributed by atoms with Gasteiger partial charge < -0.3 is 10.4 Å². The number of carbonyl (C=O) groups excluding carboxylic acids is 2. The number of phenolic OH excluding ortho intramolecular Hbond substituents is 1. The third-order valence-electron chi connectivity index (χ3n) is 4.72. The van der Waals surface area contributed by atoms with Gasteiger partial charge in [-0.1, -0.05) is 50.6 Å². The van der Waals surface area contributed by atoms with Crippen molar-refractivity contribution in [3.8, 4) is 5.75 Å². The number of nitrogens with one attached hydrogen (secondary N) is 1. The zero-order valence-electron chi connectivity index (χ0n) is 16.9. The minimum Gasteiger partial charge on any atom is -0.507 e. The van der Waals surface area contributed by atoms with E-state index in [-0.39, 0.29) is 11.5 Å². The molecule has 0 unspecified atom stereocenters. The molecule has 28 heavy (non-hydrogen) atoms. The van der Waals surface area contributed by atoms with E-state index in [2.05, 4.69) is 19.2 Å². The molecule has 4 nitrogen and oxygen atoms in total. The minimum atomic E-state index is -0.0133. The number of fused-ring (bicyclic) bond motifs is 1. The molecule has 0 aromatic heterocycles. The van der Waals surface area contributed by atoms with Crippen LogP contribution in [0.2, 0.25) is 0 Å². The van der Waals surface area contributed by atoms with E-state index in [4.69, 9.17) is 0 Å². The average molecular weight is 380 g/mol. The van der Waals surface area contributed by atoms with Crippen LogP contribution in [0.3, 0.4) is 0 Å². The molecule has 0 atom stereocenters. The summed E-state index contributed by atoms with van der Waals surface area (Å²) in [5.41, 5.74) is 2.17. The van der Waals surface area contributed by atoms with Gasteiger partial charge in [-0.25, -0.2) is 0 Å². The van der Waals surface area contributed by atoms with Crippen molar-refractivity contribution in [2.24, 2.45) is 5.92 Å². The molecule has 4 heteroatoms. The summed E-state index contributed by atoms with van der Waals surface area (Å²) in [6.45, 7) is 4.34. The number of allylic oxidation sites excluding steroid dienone is 3. The monoisotopic (exact) mass is 379 g/mol. The highest BCUT2D eigenvalue weighted by Gasteiger charge is 2.08. The summed E-state index contributed by atoms with van der Waals surface area (Å²) in [6.07, 6.45) is 9.52. The van der Waals surface area contributed by atoms with Crippen molar-refractivity contribution >= 4 is 28.5 Å². The predicted molar refractivity (Wildman–Crippen MR) is 115 cm³/mol. The Morgan fingerprint density at radius 1 is 1.21 bits per heavy atom. The first-order chi connectivity index (χ1) is 13.5. The van der Waals surface area contributed by atoms with E-state index in [1.54, 1.807) is 6.07 Å². The first-order valence-electron chi connectivity index (χ1n) is 9.73. The molecule has 0 saturated carbocycles. The second-order valence-corrected chi connectivity index (χ2v) is 7.34. The van der Waals surface area contributed by atoms with Gasteiger partial charge in [0.05, 0.1) is 5.56 Å². The maximum Gasteiger partial charge on any atom is 0.154 e. The molecule has 2 aromatic rings. The molecule has 0 fully saturated rings. The van der Waals surface area contributed by atoms with Crippen molar-refractivity contribution in [1.82, 2.24) is 5.32 Å². The Morgan fingerprint density at radius 2 is 2.00 bits per heavy atom. The largest absolute Gasteiger partial charge is 0.507 e. The van der Waals surface area contributed by atoms with E-state index in [9.17, 15) is 14.7 Å². The first kappa shape index (κ1) is 21.4. The van der Waals surface area contributed by atoms with Crippen molar-refractivity contribution in [2.75, 3.05) is 7.05 Å². The fourth-order valence-corrected chi connectivity index (χ4v) is 3.13. The van der Waals surface area contributed by atoms with Gasteiger partial charge in [-0.3, -0.25) is 9.59 Å². The lowest BCUT2D eigenvalue weighted by molar-refractivity contribution is -0.118. The van der Waals surface area contributed by atoms with E-state index >= 15 is 0 Å².